The van der Waals surface area contributed by atoms with Crippen molar-refractivity contribution in [2.24, 2.45) is 5.92 Å². The van der Waals surface area contributed by atoms with Crippen LogP contribution in [0.5, 0.6) is 0 Å². The molecular weight excluding hydrogens is 514 g/mol. The van der Waals surface area contributed by atoms with Gasteiger partial charge >= 0.3 is 0 Å². The summed E-state index contributed by atoms with van der Waals surface area (Å²) in [6.07, 6.45) is 0.400. The van der Waals surface area contributed by atoms with Crippen LogP contribution in [0.15, 0.2) is 30.3 Å². The standard InChI is InChI=1S/C25H35N5O7S/c1-14(2)9-17-23(35)30-18(10-16-7-5-4-6-8-16)25(37)38-13-20(27-15(3)32)22(34)26-11-21(33)28-19(12-31)24(36)29-17/h4-8,14,17-20,31H,9-13H2,1-3H3,(H,26,34)(H,27,32)(H,28,33)(H,29,36)(H,30,35)/t17-,18-,19-,20-/m0/s1. The molecule has 0 radical (unpaired) electrons. The Morgan fingerprint density at radius 1 is 0.974 bits per heavy atom. The predicted molar refractivity (Wildman–Crippen MR) is 141 cm³/mol. The van der Waals surface area contributed by atoms with E-state index < -0.39 is 72.0 Å². The van der Waals surface area contributed by atoms with Crippen LogP contribution in [0, 0.1) is 5.92 Å². The second-order valence-corrected chi connectivity index (χ2v) is 10.4. The molecule has 0 unspecified atom stereocenters. The summed E-state index contributed by atoms with van der Waals surface area (Å²) in [5.41, 5.74) is 0.782. The molecular formula is C25H35N5O7S. The van der Waals surface area contributed by atoms with E-state index in [0.717, 1.165) is 17.3 Å². The molecule has 1 saturated heterocycles. The summed E-state index contributed by atoms with van der Waals surface area (Å²) in [6.45, 7) is 3.64. The van der Waals surface area contributed by atoms with E-state index in [2.05, 4.69) is 26.6 Å². The molecule has 0 saturated carbocycles. The van der Waals surface area contributed by atoms with Crippen LogP contribution in [0.3, 0.4) is 0 Å². The molecule has 2 rings (SSSR count). The molecule has 1 heterocycles. The van der Waals surface area contributed by atoms with Crippen molar-refractivity contribution >= 4 is 46.4 Å². The van der Waals surface area contributed by atoms with Gasteiger partial charge in [-0.05, 0) is 17.9 Å². The van der Waals surface area contributed by atoms with Gasteiger partial charge in [-0.2, -0.15) is 0 Å². The zero-order valence-electron chi connectivity index (χ0n) is 21.6. The predicted octanol–water partition coefficient (Wildman–Crippen LogP) is -1.38. The molecule has 13 heteroatoms. The van der Waals surface area contributed by atoms with E-state index in [0.29, 0.717) is 0 Å². The lowest BCUT2D eigenvalue weighted by molar-refractivity contribution is -0.134. The summed E-state index contributed by atoms with van der Waals surface area (Å²) < 4.78 is 0. The second-order valence-electron chi connectivity index (χ2n) is 9.35. The number of rotatable bonds is 6. The van der Waals surface area contributed by atoms with Crippen LogP contribution in [-0.2, 0) is 35.2 Å². The van der Waals surface area contributed by atoms with Gasteiger partial charge < -0.3 is 31.7 Å². The first-order valence-electron chi connectivity index (χ1n) is 12.3. The van der Waals surface area contributed by atoms with Crippen molar-refractivity contribution in [1.82, 2.24) is 26.6 Å². The van der Waals surface area contributed by atoms with Crippen LogP contribution in [0.4, 0.5) is 0 Å². The maximum atomic E-state index is 13.3. The van der Waals surface area contributed by atoms with Gasteiger partial charge in [0.15, 0.2) is 0 Å². The molecule has 0 bridgehead atoms. The van der Waals surface area contributed by atoms with Crippen LogP contribution in [-0.4, -0.2) is 82.8 Å². The smallest absolute Gasteiger partial charge is 0.245 e. The minimum atomic E-state index is -1.38. The van der Waals surface area contributed by atoms with Crippen molar-refractivity contribution in [2.45, 2.75) is 57.8 Å². The average Bonchev–Trinajstić information content (AvgIpc) is 2.86. The molecule has 1 aromatic carbocycles. The van der Waals surface area contributed by atoms with Gasteiger partial charge in [0, 0.05) is 19.1 Å². The quantitative estimate of drug-likeness (QED) is 0.251. The topological polar surface area (TPSA) is 183 Å². The first-order chi connectivity index (χ1) is 18.0. The summed E-state index contributed by atoms with van der Waals surface area (Å²) in [5, 5.41) is 21.6. The third-order valence-corrected chi connectivity index (χ3v) is 6.64. The van der Waals surface area contributed by atoms with Crippen molar-refractivity contribution in [3.63, 3.8) is 0 Å². The lowest BCUT2D eigenvalue weighted by Crippen LogP contribution is -2.58. The Morgan fingerprint density at radius 2 is 1.61 bits per heavy atom. The first-order valence-corrected chi connectivity index (χ1v) is 13.2. The lowest BCUT2D eigenvalue weighted by Gasteiger charge is -2.26. The van der Waals surface area contributed by atoms with Gasteiger partial charge in [-0.15, -0.1) is 0 Å². The summed E-state index contributed by atoms with van der Waals surface area (Å²) in [6, 6.07) is 4.47. The Hall–Kier alpha value is -3.45. The van der Waals surface area contributed by atoms with Crippen molar-refractivity contribution in [3.8, 4) is 0 Å². The van der Waals surface area contributed by atoms with Gasteiger partial charge in [0.2, 0.25) is 34.7 Å². The average molecular weight is 550 g/mol. The molecule has 12 nitrogen and oxygen atoms in total. The largest absolute Gasteiger partial charge is 0.394 e. The number of aliphatic hydroxyl groups excluding tert-OH is 1. The third-order valence-electron chi connectivity index (χ3n) is 5.57. The van der Waals surface area contributed by atoms with Gasteiger partial charge in [-0.25, -0.2) is 0 Å². The minimum Gasteiger partial charge on any atom is -0.394 e. The fraction of sp³-hybridized carbons (Fsp3) is 0.520. The second kappa shape index (κ2) is 15.1. The normalized spacial score (nSPS) is 24.2. The van der Waals surface area contributed by atoms with Crippen LogP contribution in [0.2, 0.25) is 0 Å². The highest BCUT2D eigenvalue weighted by Gasteiger charge is 2.32. The summed E-state index contributed by atoms with van der Waals surface area (Å²) in [7, 11) is 0. The molecule has 1 aliphatic rings. The van der Waals surface area contributed by atoms with E-state index in [1.807, 2.05) is 19.9 Å². The van der Waals surface area contributed by atoms with Crippen LogP contribution in [0.25, 0.3) is 0 Å². The number of carbonyl (C=O) groups is 6. The third kappa shape index (κ3) is 10.1. The zero-order valence-corrected chi connectivity index (χ0v) is 22.4. The molecule has 6 N–H and O–H groups in total. The fourth-order valence-electron chi connectivity index (χ4n) is 3.72. The van der Waals surface area contributed by atoms with Gasteiger partial charge in [0.1, 0.15) is 24.2 Å². The number of hydrogen-bond donors (Lipinski definition) is 6. The van der Waals surface area contributed by atoms with E-state index in [1.165, 1.54) is 6.92 Å². The van der Waals surface area contributed by atoms with Gasteiger partial charge in [0.05, 0.1) is 13.2 Å². The Balaban J connectivity index is 2.40. The van der Waals surface area contributed by atoms with Crippen LogP contribution < -0.4 is 26.6 Å². The first kappa shape index (κ1) is 30.8. The molecule has 0 aromatic heterocycles. The number of hydrogen-bond acceptors (Lipinski definition) is 8. The molecule has 1 aliphatic heterocycles. The highest BCUT2D eigenvalue weighted by atomic mass is 32.2. The number of nitrogens with one attached hydrogen (secondary N) is 5. The molecule has 4 atom stereocenters. The van der Waals surface area contributed by atoms with Gasteiger partial charge in [0.25, 0.3) is 0 Å². The molecule has 38 heavy (non-hydrogen) atoms. The molecule has 208 valence electrons. The van der Waals surface area contributed by atoms with Gasteiger partial charge in [-0.1, -0.05) is 55.9 Å². The number of aliphatic hydroxyl groups is 1. The lowest BCUT2D eigenvalue weighted by atomic mass is 10.0. The van der Waals surface area contributed by atoms with E-state index in [-0.39, 0.29) is 24.5 Å². The van der Waals surface area contributed by atoms with Crippen LogP contribution >= 0.6 is 11.8 Å². The molecule has 1 fully saturated rings. The fourth-order valence-corrected chi connectivity index (χ4v) is 4.62. The maximum Gasteiger partial charge on any atom is 0.245 e. The zero-order chi connectivity index (χ0) is 28.2. The van der Waals surface area contributed by atoms with Crippen molar-refractivity contribution in [1.29, 1.82) is 0 Å². The summed E-state index contributed by atoms with van der Waals surface area (Å²) in [5.74, 6) is -3.54. The van der Waals surface area contributed by atoms with Crippen molar-refractivity contribution in [2.75, 3.05) is 18.9 Å². The van der Waals surface area contributed by atoms with E-state index in [9.17, 15) is 33.9 Å². The molecule has 5 amide bonds. The minimum absolute atomic E-state index is 0.00918. The Kier molecular flexibility index (Phi) is 12.2. The van der Waals surface area contributed by atoms with E-state index >= 15 is 0 Å². The highest BCUT2D eigenvalue weighted by molar-refractivity contribution is 8.13. The van der Waals surface area contributed by atoms with Gasteiger partial charge in [-0.3, -0.25) is 28.8 Å². The Morgan fingerprint density at radius 3 is 2.21 bits per heavy atom. The highest BCUT2D eigenvalue weighted by Crippen LogP contribution is 2.15. The number of thioether (sulfide) groups is 1. The Labute approximate surface area is 225 Å². The molecule has 1 aromatic rings. The van der Waals surface area contributed by atoms with Crippen LogP contribution in [0.1, 0.15) is 32.8 Å². The number of benzene rings is 1. The molecule has 0 aliphatic carbocycles. The summed E-state index contributed by atoms with van der Waals surface area (Å²) >= 11 is 0.766. The van der Waals surface area contributed by atoms with E-state index in [1.54, 1.807) is 24.3 Å². The van der Waals surface area contributed by atoms with Crippen molar-refractivity contribution in [3.05, 3.63) is 35.9 Å². The number of amides is 5. The SMILES string of the molecule is CC(=O)N[C@H]1CSC(=O)[C@H](Cc2ccccc2)NC(=O)[C@H](CC(C)C)NC(=O)[C@H](CO)NC(=O)CNC1=O. The number of carbonyl (C=O) groups excluding carboxylic acids is 6. The monoisotopic (exact) mass is 549 g/mol. The maximum absolute atomic E-state index is 13.3. The van der Waals surface area contributed by atoms with Crippen molar-refractivity contribution < 1.29 is 33.9 Å². The van der Waals surface area contributed by atoms with E-state index in [4.69, 9.17) is 0 Å². The Bertz CT molecular complexity index is 1020. The molecule has 0 spiro atoms. The summed E-state index contributed by atoms with van der Waals surface area (Å²) in [4.78, 5) is 76.0.